The number of benzene rings is 1. The molecule has 0 fully saturated rings. The van der Waals surface area contributed by atoms with Crippen LogP contribution in [0.15, 0.2) is 24.3 Å². The Morgan fingerprint density at radius 2 is 1.76 bits per heavy atom. The fourth-order valence-electron chi connectivity index (χ4n) is 1.91. The highest BCUT2D eigenvalue weighted by atomic mass is 16.6. The zero-order valence-corrected chi connectivity index (χ0v) is 12.2. The summed E-state index contributed by atoms with van der Waals surface area (Å²) in [5.41, 5.74) is -0.218. The van der Waals surface area contributed by atoms with E-state index in [-0.39, 0.29) is 11.4 Å². The monoisotopic (exact) mass is 293 g/mol. The first-order valence-corrected chi connectivity index (χ1v) is 6.84. The Bertz CT molecular complexity index is 525. The lowest BCUT2D eigenvalue weighted by atomic mass is 10.2. The van der Waals surface area contributed by atoms with Crippen molar-refractivity contribution in [2.75, 3.05) is 18.4 Å². The van der Waals surface area contributed by atoms with Gasteiger partial charge < -0.3 is 10.2 Å². The zero-order chi connectivity index (χ0) is 15.8. The van der Waals surface area contributed by atoms with Crippen LogP contribution < -0.4 is 5.32 Å². The van der Waals surface area contributed by atoms with E-state index in [0.717, 1.165) is 12.8 Å². The molecule has 0 unspecified atom stereocenters. The molecule has 1 aromatic rings. The molecule has 1 rings (SSSR count). The summed E-state index contributed by atoms with van der Waals surface area (Å²) in [6.45, 7) is 4.79. The van der Waals surface area contributed by atoms with Gasteiger partial charge in [-0.2, -0.15) is 0 Å². The summed E-state index contributed by atoms with van der Waals surface area (Å²) < 4.78 is 0. The van der Waals surface area contributed by atoms with E-state index < -0.39 is 16.7 Å². The van der Waals surface area contributed by atoms with Gasteiger partial charge in [-0.05, 0) is 18.9 Å². The van der Waals surface area contributed by atoms with E-state index in [1.807, 2.05) is 13.8 Å². The molecule has 1 N–H and O–H groups in total. The van der Waals surface area contributed by atoms with E-state index in [2.05, 4.69) is 5.32 Å². The average molecular weight is 293 g/mol. The van der Waals surface area contributed by atoms with Gasteiger partial charge >= 0.3 is 11.8 Å². The molecular weight excluding hydrogens is 274 g/mol. The third-order valence-electron chi connectivity index (χ3n) is 2.82. The van der Waals surface area contributed by atoms with Gasteiger partial charge in [0.15, 0.2) is 0 Å². The minimum absolute atomic E-state index is 0.0220. The second kappa shape index (κ2) is 7.98. The van der Waals surface area contributed by atoms with Crippen LogP contribution in [-0.4, -0.2) is 34.7 Å². The number of amides is 2. The van der Waals surface area contributed by atoms with Crippen molar-refractivity contribution in [2.45, 2.75) is 26.7 Å². The van der Waals surface area contributed by atoms with Crippen molar-refractivity contribution in [3.05, 3.63) is 34.4 Å². The molecule has 0 aromatic heterocycles. The smallest absolute Gasteiger partial charge is 0.314 e. The van der Waals surface area contributed by atoms with Crippen LogP contribution in [0.3, 0.4) is 0 Å². The predicted octanol–water partition coefficient (Wildman–Crippen LogP) is 2.18. The van der Waals surface area contributed by atoms with Crippen LogP contribution in [-0.2, 0) is 9.59 Å². The van der Waals surface area contributed by atoms with Crippen LogP contribution in [0.1, 0.15) is 26.7 Å². The largest absolute Gasteiger partial charge is 0.334 e. The van der Waals surface area contributed by atoms with Crippen LogP contribution in [0.25, 0.3) is 0 Å². The van der Waals surface area contributed by atoms with Crippen molar-refractivity contribution < 1.29 is 14.5 Å². The molecule has 0 saturated heterocycles. The third kappa shape index (κ3) is 4.55. The van der Waals surface area contributed by atoms with Gasteiger partial charge in [0.2, 0.25) is 0 Å². The molecule has 21 heavy (non-hydrogen) atoms. The Morgan fingerprint density at radius 1 is 1.19 bits per heavy atom. The van der Waals surface area contributed by atoms with Gasteiger partial charge in [-0.1, -0.05) is 26.0 Å². The molecule has 0 atom stereocenters. The topological polar surface area (TPSA) is 92.6 Å². The first kappa shape index (κ1) is 16.6. The Kier molecular flexibility index (Phi) is 6.32. The number of rotatable bonds is 6. The van der Waals surface area contributed by atoms with Crippen LogP contribution in [0.5, 0.6) is 0 Å². The molecular formula is C14H19N3O4. The van der Waals surface area contributed by atoms with Gasteiger partial charge in [0.05, 0.1) is 4.92 Å². The number of hydrogen-bond donors (Lipinski definition) is 1. The van der Waals surface area contributed by atoms with E-state index >= 15 is 0 Å². The van der Waals surface area contributed by atoms with E-state index in [1.165, 1.54) is 23.1 Å². The molecule has 7 nitrogen and oxygen atoms in total. The van der Waals surface area contributed by atoms with E-state index in [4.69, 9.17) is 0 Å². The second-order valence-electron chi connectivity index (χ2n) is 4.52. The minimum Gasteiger partial charge on any atom is -0.334 e. The maximum absolute atomic E-state index is 12.1. The average Bonchev–Trinajstić information content (AvgIpc) is 2.46. The molecule has 0 aliphatic heterocycles. The Morgan fingerprint density at radius 3 is 2.29 bits per heavy atom. The molecule has 0 aliphatic rings. The number of para-hydroxylation sites is 2. The first-order valence-electron chi connectivity index (χ1n) is 6.84. The quantitative estimate of drug-likeness (QED) is 0.494. The molecule has 0 bridgehead atoms. The van der Waals surface area contributed by atoms with Gasteiger partial charge in [0, 0.05) is 19.2 Å². The maximum atomic E-state index is 12.1. The highest BCUT2D eigenvalue weighted by Gasteiger charge is 2.23. The Labute approximate surface area is 123 Å². The summed E-state index contributed by atoms with van der Waals surface area (Å²) in [6.07, 6.45) is 1.48. The van der Waals surface area contributed by atoms with Crippen molar-refractivity contribution in [1.29, 1.82) is 0 Å². The van der Waals surface area contributed by atoms with Crippen LogP contribution in [0.2, 0.25) is 0 Å². The highest BCUT2D eigenvalue weighted by molar-refractivity contribution is 6.39. The maximum Gasteiger partial charge on any atom is 0.314 e. The number of carbonyl (C=O) groups is 2. The van der Waals surface area contributed by atoms with Crippen molar-refractivity contribution in [3.63, 3.8) is 0 Å². The van der Waals surface area contributed by atoms with Gasteiger partial charge in [-0.25, -0.2) is 0 Å². The fraction of sp³-hybridized carbons (Fsp3) is 0.429. The van der Waals surface area contributed by atoms with Crippen molar-refractivity contribution in [3.8, 4) is 0 Å². The number of carbonyl (C=O) groups excluding carboxylic acids is 2. The predicted molar refractivity (Wildman–Crippen MR) is 78.9 cm³/mol. The van der Waals surface area contributed by atoms with E-state index in [9.17, 15) is 19.7 Å². The van der Waals surface area contributed by atoms with Crippen LogP contribution in [0.4, 0.5) is 11.4 Å². The summed E-state index contributed by atoms with van der Waals surface area (Å²) in [5.74, 6) is -1.52. The van der Waals surface area contributed by atoms with Crippen molar-refractivity contribution >= 4 is 23.2 Å². The molecule has 7 heteroatoms. The highest BCUT2D eigenvalue weighted by Crippen LogP contribution is 2.23. The minimum atomic E-state index is -0.855. The lowest BCUT2D eigenvalue weighted by Crippen LogP contribution is -2.40. The van der Waals surface area contributed by atoms with Gasteiger partial charge in [0.1, 0.15) is 5.69 Å². The molecule has 0 radical (unpaired) electrons. The molecule has 114 valence electrons. The summed E-state index contributed by atoms with van der Waals surface area (Å²) >= 11 is 0. The van der Waals surface area contributed by atoms with Crippen LogP contribution in [0, 0.1) is 10.1 Å². The summed E-state index contributed by atoms with van der Waals surface area (Å²) in [6, 6.07) is 5.72. The second-order valence-corrected chi connectivity index (χ2v) is 4.52. The molecule has 1 aromatic carbocycles. The van der Waals surface area contributed by atoms with Crippen molar-refractivity contribution in [2.24, 2.45) is 0 Å². The normalized spacial score (nSPS) is 10.0. The lowest BCUT2D eigenvalue weighted by molar-refractivity contribution is -0.383. The van der Waals surface area contributed by atoms with Crippen molar-refractivity contribution in [1.82, 2.24) is 4.90 Å². The lowest BCUT2D eigenvalue weighted by Gasteiger charge is -2.20. The van der Waals surface area contributed by atoms with Gasteiger partial charge in [-0.3, -0.25) is 19.7 Å². The van der Waals surface area contributed by atoms with E-state index in [1.54, 1.807) is 6.07 Å². The Balaban J connectivity index is 2.85. The van der Waals surface area contributed by atoms with Gasteiger partial charge in [0.25, 0.3) is 5.69 Å². The fourth-order valence-corrected chi connectivity index (χ4v) is 1.91. The number of nitro benzene ring substituents is 1. The molecule has 0 aliphatic carbocycles. The Hall–Kier alpha value is -2.44. The number of hydrogen-bond acceptors (Lipinski definition) is 4. The third-order valence-corrected chi connectivity index (χ3v) is 2.82. The number of nitro groups is 1. The summed E-state index contributed by atoms with van der Waals surface area (Å²) in [5, 5.41) is 13.2. The SMILES string of the molecule is CCCN(CCC)C(=O)C(=O)Nc1ccccc1[N+](=O)[O-]. The number of nitrogens with zero attached hydrogens (tertiary/aromatic N) is 2. The standard InChI is InChI=1S/C14H19N3O4/c1-3-9-16(10-4-2)14(19)13(18)15-11-7-5-6-8-12(11)17(20)21/h5-8H,3-4,9-10H2,1-2H3,(H,15,18). The number of anilines is 1. The molecule has 2 amide bonds. The molecule has 0 saturated carbocycles. The van der Waals surface area contributed by atoms with E-state index in [0.29, 0.717) is 13.1 Å². The summed E-state index contributed by atoms with van der Waals surface area (Å²) in [4.78, 5) is 35.7. The molecule has 0 spiro atoms. The van der Waals surface area contributed by atoms with Gasteiger partial charge in [-0.15, -0.1) is 0 Å². The number of nitrogens with one attached hydrogen (secondary N) is 1. The molecule has 0 heterocycles. The zero-order valence-electron chi connectivity index (χ0n) is 12.2. The van der Waals surface area contributed by atoms with Crippen LogP contribution >= 0.6 is 0 Å². The summed E-state index contributed by atoms with van der Waals surface area (Å²) in [7, 11) is 0. The first-order chi connectivity index (χ1) is 10.0.